The molecule has 1 amide bonds. The van der Waals surface area contributed by atoms with Gasteiger partial charge in [-0.15, -0.1) is 0 Å². The van der Waals surface area contributed by atoms with Crippen LogP contribution < -0.4 is 9.50 Å². The lowest BCUT2D eigenvalue weighted by Crippen LogP contribution is -2.40. The molecule has 4 rings (SSSR count). The Hall–Kier alpha value is -3.40. The van der Waals surface area contributed by atoms with Crippen molar-refractivity contribution < 1.29 is 31.6 Å². The fraction of sp³-hybridized carbons (Fsp3) is 0.321. The lowest BCUT2D eigenvalue weighted by atomic mass is 10.0. The Morgan fingerprint density at radius 1 is 0.973 bits per heavy atom. The van der Waals surface area contributed by atoms with E-state index in [0.29, 0.717) is 5.56 Å². The van der Waals surface area contributed by atoms with Crippen LogP contribution in [0.5, 0.6) is 5.75 Å². The van der Waals surface area contributed by atoms with Gasteiger partial charge in [-0.3, -0.25) is 0 Å². The lowest BCUT2D eigenvalue weighted by molar-refractivity contribution is -0.0662. The summed E-state index contributed by atoms with van der Waals surface area (Å²) in [6, 6.07) is 21.8. The molecule has 0 bridgehead atoms. The molecule has 9 heteroatoms. The number of hydrogen-bond donors (Lipinski definition) is 1. The first-order valence-corrected chi connectivity index (χ1v) is 13.3. The summed E-state index contributed by atoms with van der Waals surface area (Å²) in [5.74, 6) is 0.145. The summed E-state index contributed by atoms with van der Waals surface area (Å²) in [4.78, 5) is 12.7. The molecule has 37 heavy (non-hydrogen) atoms. The zero-order valence-corrected chi connectivity index (χ0v) is 22.0. The first kappa shape index (κ1) is 26.7. The second-order valence-corrected chi connectivity index (χ2v) is 11.3. The molecule has 1 saturated heterocycles. The Kier molecular flexibility index (Phi) is 7.87. The molecule has 3 aromatic rings. The molecular weight excluding hydrogens is 494 g/mol. The maximum absolute atomic E-state index is 12.7. The Bertz CT molecular complexity index is 1300. The van der Waals surface area contributed by atoms with E-state index in [2.05, 4.69) is 5.32 Å². The molecule has 0 aromatic heterocycles. The van der Waals surface area contributed by atoms with Crippen molar-refractivity contribution in [3.63, 3.8) is 0 Å². The molecule has 1 unspecified atom stereocenters. The van der Waals surface area contributed by atoms with E-state index < -0.39 is 40.2 Å². The van der Waals surface area contributed by atoms with E-state index in [1.165, 1.54) is 24.3 Å². The highest BCUT2D eigenvalue weighted by molar-refractivity contribution is 7.87. The van der Waals surface area contributed by atoms with Gasteiger partial charge in [0.15, 0.2) is 6.29 Å². The van der Waals surface area contributed by atoms with E-state index in [1.807, 2.05) is 37.3 Å². The van der Waals surface area contributed by atoms with E-state index in [-0.39, 0.29) is 17.3 Å². The van der Waals surface area contributed by atoms with Crippen LogP contribution in [0.1, 0.15) is 49.8 Å². The van der Waals surface area contributed by atoms with Crippen molar-refractivity contribution >= 4 is 16.2 Å². The van der Waals surface area contributed by atoms with Crippen molar-refractivity contribution in [1.82, 2.24) is 5.32 Å². The van der Waals surface area contributed by atoms with Gasteiger partial charge in [-0.2, -0.15) is 8.42 Å². The van der Waals surface area contributed by atoms with Crippen molar-refractivity contribution in [1.29, 1.82) is 0 Å². The summed E-state index contributed by atoms with van der Waals surface area (Å²) in [6.45, 7) is 7.45. The highest BCUT2D eigenvalue weighted by Gasteiger charge is 2.36. The summed E-state index contributed by atoms with van der Waals surface area (Å²) in [5.41, 5.74) is 1.80. The quantitative estimate of drug-likeness (QED) is 0.410. The predicted octanol–water partition coefficient (Wildman–Crippen LogP) is 5.44. The van der Waals surface area contributed by atoms with Crippen molar-refractivity contribution in [3.05, 3.63) is 95.6 Å². The average molecular weight is 526 g/mol. The highest BCUT2D eigenvalue weighted by Crippen LogP contribution is 2.34. The SMILES string of the molecule is Cc1ccc(S(=O)(=O)Oc2ccc([C@@H](NC(=O)OC(C)(C)C)[C@@H]3COC(c4ccccc4)O3)cc2)cc1. The van der Waals surface area contributed by atoms with Crippen molar-refractivity contribution in [3.8, 4) is 5.75 Å². The van der Waals surface area contributed by atoms with Gasteiger partial charge in [-0.25, -0.2) is 4.79 Å². The molecule has 1 fully saturated rings. The average Bonchev–Trinajstić information content (AvgIpc) is 3.33. The summed E-state index contributed by atoms with van der Waals surface area (Å²) in [6.07, 6.45) is -1.69. The smallest absolute Gasteiger partial charge is 0.408 e. The fourth-order valence-corrected chi connectivity index (χ4v) is 4.75. The number of aryl methyl sites for hydroxylation is 1. The Morgan fingerprint density at radius 3 is 2.24 bits per heavy atom. The molecular formula is C28H31NO7S. The first-order valence-electron chi connectivity index (χ1n) is 11.9. The topological polar surface area (TPSA) is 100 Å². The molecule has 3 aromatic carbocycles. The molecule has 3 atom stereocenters. The summed E-state index contributed by atoms with van der Waals surface area (Å²) < 4.78 is 48.1. The number of nitrogens with one attached hydrogen (secondary N) is 1. The van der Waals surface area contributed by atoms with Gasteiger partial charge >= 0.3 is 16.2 Å². The minimum absolute atomic E-state index is 0.0649. The van der Waals surface area contributed by atoms with Gasteiger partial charge in [0.1, 0.15) is 22.4 Å². The Morgan fingerprint density at radius 2 is 1.62 bits per heavy atom. The zero-order chi connectivity index (χ0) is 26.6. The summed E-state index contributed by atoms with van der Waals surface area (Å²) in [7, 11) is -3.99. The third kappa shape index (κ3) is 7.09. The second-order valence-electron chi connectivity index (χ2n) is 9.79. The van der Waals surface area contributed by atoms with Crippen molar-refractivity contribution in [2.45, 2.75) is 56.6 Å². The van der Waals surface area contributed by atoms with E-state index in [4.69, 9.17) is 18.4 Å². The van der Waals surface area contributed by atoms with Crippen LogP contribution in [0.4, 0.5) is 4.79 Å². The first-order chi connectivity index (χ1) is 17.5. The Labute approximate surface area is 217 Å². The Balaban J connectivity index is 1.53. The number of benzene rings is 3. The van der Waals surface area contributed by atoms with Crippen LogP contribution in [-0.2, 0) is 24.3 Å². The second kappa shape index (κ2) is 10.9. The normalized spacial score (nSPS) is 18.7. The number of hydrogen-bond acceptors (Lipinski definition) is 7. The van der Waals surface area contributed by atoms with Crippen LogP contribution in [0.3, 0.4) is 0 Å². The number of carbonyl (C=O) groups excluding carboxylic acids is 1. The number of ether oxygens (including phenoxy) is 3. The van der Waals surface area contributed by atoms with E-state index in [1.54, 1.807) is 45.0 Å². The molecule has 1 N–H and O–H groups in total. The van der Waals surface area contributed by atoms with Crippen LogP contribution >= 0.6 is 0 Å². The molecule has 0 saturated carbocycles. The minimum Gasteiger partial charge on any atom is -0.444 e. The summed E-state index contributed by atoms with van der Waals surface area (Å²) >= 11 is 0. The molecule has 1 heterocycles. The van der Waals surface area contributed by atoms with Gasteiger partial charge in [0.25, 0.3) is 0 Å². The van der Waals surface area contributed by atoms with Gasteiger partial charge in [-0.1, -0.05) is 60.2 Å². The van der Waals surface area contributed by atoms with E-state index in [9.17, 15) is 13.2 Å². The summed E-state index contributed by atoms with van der Waals surface area (Å²) in [5, 5.41) is 2.88. The van der Waals surface area contributed by atoms with E-state index in [0.717, 1.165) is 11.1 Å². The van der Waals surface area contributed by atoms with Crippen LogP contribution in [0, 0.1) is 6.92 Å². The van der Waals surface area contributed by atoms with Crippen molar-refractivity contribution in [2.24, 2.45) is 0 Å². The zero-order valence-electron chi connectivity index (χ0n) is 21.2. The predicted molar refractivity (Wildman–Crippen MR) is 138 cm³/mol. The maximum Gasteiger partial charge on any atom is 0.408 e. The van der Waals surface area contributed by atoms with Crippen LogP contribution in [0.2, 0.25) is 0 Å². The van der Waals surface area contributed by atoms with Crippen molar-refractivity contribution in [2.75, 3.05) is 6.61 Å². The maximum atomic E-state index is 12.7. The number of rotatable bonds is 7. The number of amides is 1. The molecule has 0 radical (unpaired) electrons. The van der Waals surface area contributed by atoms with Crippen LogP contribution in [0.15, 0.2) is 83.8 Å². The van der Waals surface area contributed by atoms with Gasteiger partial charge < -0.3 is 23.7 Å². The molecule has 0 spiro atoms. The van der Waals surface area contributed by atoms with Gasteiger partial charge in [-0.05, 0) is 57.5 Å². The standard InChI is InChI=1S/C28H31NO7S/c1-19-10-16-23(17-11-19)37(31,32)36-22-14-12-20(13-15-22)25(29-27(30)35-28(2,3)4)24-18-33-26(34-24)21-8-6-5-7-9-21/h5-17,24-26H,18H2,1-4H3,(H,29,30)/t24-,25+,26?/m0/s1. The lowest BCUT2D eigenvalue weighted by Gasteiger charge is -2.27. The van der Waals surface area contributed by atoms with Crippen LogP contribution in [0.25, 0.3) is 0 Å². The fourth-order valence-electron chi connectivity index (χ4n) is 3.82. The van der Waals surface area contributed by atoms with Gasteiger partial charge in [0.2, 0.25) is 0 Å². The molecule has 196 valence electrons. The molecule has 1 aliphatic rings. The number of carbonyl (C=O) groups is 1. The largest absolute Gasteiger partial charge is 0.444 e. The highest BCUT2D eigenvalue weighted by atomic mass is 32.2. The monoisotopic (exact) mass is 525 g/mol. The van der Waals surface area contributed by atoms with Gasteiger partial charge in [0, 0.05) is 5.56 Å². The van der Waals surface area contributed by atoms with Gasteiger partial charge in [0.05, 0.1) is 12.6 Å². The molecule has 0 aliphatic carbocycles. The number of alkyl carbamates (subject to hydrolysis) is 1. The molecule has 1 aliphatic heterocycles. The molecule has 8 nitrogen and oxygen atoms in total. The van der Waals surface area contributed by atoms with E-state index >= 15 is 0 Å². The van der Waals surface area contributed by atoms with Crippen LogP contribution in [-0.4, -0.2) is 32.8 Å². The minimum atomic E-state index is -3.99. The third-order valence-electron chi connectivity index (χ3n) is 5.58. The third-order valence-corrected chi connectivity index (χ3v) is 6.84.